The second kappa shape index (κ2) is 9.19. The summed E-state index contributed by atoms with van der Waals surface area (Å²) in [6.45, 7) is 7.39. The van der Waals surface area contributed by atoms with Crippen molar-refractivity contribution in [3.63, 3.8) is 0 Å². The summed E-state index contributed by atoms with van der Waals surface area (Å²) in [7, 11) is 2.34. The minimum atomic E-state index is -2.53. The fourth-order valence-electron chi connectivity index (χ4n) is 2.98. The van der Waals surface area contributed by atoms with Crippen LogP contribution in [-0.4, -0.2) is 42.5 Å². The van der Waals surface area contributed by atoms with Gasteiger partial charge < -0.3 is 27.5 Å². The Labute approximate surface area is 158 Å². The molecule has 0 fully saturated rings. The largest absolute Gasteiger partial charge is 0.500 e. The zero-order chi connectivity index (χ0) is 19.2. The Morgan fingerprint density at radius 1 is 1.19 bits per heavy atom. The number of ether oxygens (including phenoxy) is 3. The lowest BCUT2D eigenvalue weighted by molar-refractivity contribution is -0.223. The first-order valence-corrected chi connectivity index (χ1v) is 11.1. The first-order valence-electron chi connectivity index (χ1n) is 9.16. The molecule has 1 heterocycles. The van der Waals surface area contributed by atoms with Crippen molar-refractivity contribution in [1.82, 2.24) is 0 Å². The Morgan fingerprint density at radius 3 is 2.50 bits per heavy atom. The van der Waals surface area contributed by atoms with Crippen molar-refractivity contribution >= 4 is 8.80 Å². The van der Waals surface area contributed by atoms with Gasteiger partial charge in [-0.15, -0.1) is 0 Å². The molecule has 0 amide bonds. The molecule has 0 saturated carbocycles. The monoisotopic (exact) mass is 384 g/mol. The molecule has 0 aromatic heterocycles. The van der Waals surface area contributed by atoms with E-state index >= 15 is 0 Å². The highest BCUT2D eigenvalue weighted by molar-refractivity contribution is 6.60. The molecule has 0 radical (unpaired) electrons. The van der Waals surface area contributed by atoms with Gasteiger partial charge in [0, 0.05) is 45.8 Å². The lowest BCUT2D eigenvalue weighted by atomic mass is 9.98. The van der Waals surface area contributed by atoms with E-state index in [4.69, 9.17) is 27.5 Å². The smallest absolute Gasteiger partial charge is 0.494 e. The average Bonchev–Trinajstić information content (AvgIpc) is 2.68. The molecule has 0 N–H and O–H groups in total. The number of hydrogen-bond acceptors (Lipinski definition) is 6. The number of fused-ring (bicyclic) bond motifs is 1. The van der Waals surface area contributed by atoms with E-state index in [1.54, 1.807) is 21.3 Å². The second-order valence-corrected chi connectivity index (χ2v) is 9.82. The molecular weight excluding hydrogens is 352 g/mol. The fraction of sp³-hybridized carbons (Fsp3) is 0.684. The third-order valence-electron chi connectivity index (χ3n) is 5.20. The van der Waals surface area contributed by atoms with Crippen LogP contribution >= 0.6 is 0 Å². The van der Waals surface area contributed by atoms with Crippen molar-refractivity contribution in [2.45, 2.75) is 52.1 Å². The Hall–Kier alpha value is -1.12. The van der Waals surface area contributed by atoms with Gasteiger partial charge in [-0.25, -0.2) is 0 Å². The molecule has 2 rings (SSSR count). The highest BCUT2D eigenvalue weighted by Gasteiger charge is 2.38. The minimum absolute atomic E-state index is 0.318. The van der Waals surface area contributed by atoms with Crippen LogP contribution < -0.4 is 9.47 Å². The summed E-state index contributed by atoms with van der Waals surface area (Å²) in [6, 6.07) is 6.60. The van der Waals surface area contributed by atoms with Crippen LogP contribution in [0.15, 0.2) is 18.2 Å². The summed E-state index contributed by atoms with van der Waals surface area (Å²) in [5.41, 5.74) is 1.01. The SMILES string of the molecule is CCC(C)C1(C)OCc2cc(OCCC[Si](OC)(OC)OC)ccc2O1. The molecule has 1 aromatic carbocycles. The zero-order valence-corrected chi connectivity index (χ0v) is 17.8. The van der Waals surface area contributed by atoms with Crippen LogP contribution in [-0.2, 0) is 24.6 Å². The quantitative estimate of drug-likeness (QED) is 0.449. The van der Waals surface area contributed by atoms with Gasteiger partial charge in [-0.05, 0) is 31.0 Å². The molecule has 7 heteroatoms. The van der Waals surface area contributed by atoms with Crippen LogP contribution in [0.2, 0.25) is 6.04 Å². The molecule has 6 nitrogen and oxygen atoms in total. The van der Waals surface area contributed by atoms with Gasteiger partial charge in [-0.3, -0.25) is 0 Å². The molecule has 26 heavy (non-hydrogen) atoms. The second-order valence-electron chi connectivity index (χ2n) is 6.73. The van der Waals surface area contributed by atoms with Gasteiger partial charge in [0.15, 0.2) is 0 Å². The van der Waals surface area contributed by atoms with E-state index in [1.807, 2.05) is 25.1 Å². The molecule has 2 unspecified atom stereocenters. The topological polar surface area (TPSA) is 55.4 Å². The predicted molar refractivity (Wildman–Crippen MR) is 101 cm³/mol. The maximum absolute atomic E-state index is 6.12. The number of rotatable bonds is 10. The van der Waals surface area contributed by atoms with Gasteiger partial charge in [0.25, 0.3) is 0 Å². The standard InChI is InChI=1S/C19H32O6Si/c1-7-15(2)19(3)24-14-16-13-17(9-10-18(16)25-19)23-11-8-12-26(20-4,21-5)22-6/h9-10,13,15H,7-8,11-12,14H2,1-6H3. The summed E-state index contributed by atoms with van der Waals surface area (Å²) in [5.74, 6) is 1.43. The van der Waals surface area contributed by atoms with E-state index < -0.39 is 14.6 Å². The number of benzene rings is 1. The summed E-state index contributed by atoms with van der Waals surface area (Å²) in [5, 5.41) is 0. The Kier molecular flexibility index (Phi) is 7.49. The molecule has 0 spiro atoms. The molecule has 148 valence electrons. The molecule has 0 bridgehead atoms. The van der Waals surface area contributed by atoms with Gasteiger partial charge in [-0.1, -0.05) is 13.8 Å². The maximum Gasteiger partial charge on any atom is 0.500 e. The van der Waals surface area contributed by atoms with Crippen LogP contribution in [0, 0.1) is 5.92 Å². The first-order chi connectivity index (χ1) is 12.4. The highest BCUT2D eigenvalue weighted by Crippen LogP contribution is 2.38. The maximum atomic E-state index is 6.12. The van der Waals surface area contributed by atoms with Crippen molar-refractivity contribution in [3.05, 3.63) is 23.8 Å². The molecule has 0 aliphatic carbocycles. The molecule has 1 aliphatic heterocycles. The van der Waals surface area contributed by atoms with E-state index in [-0.39, 0.29) is 0 Å². The minimum Gasteiger partial charge on any atom is -0.494 e. The van der Waals surface area contributed by atoms with Gasteiger partial charge in [0.1, 0.15) is 11.5 Å². The Balaban J connectivity index is 1.90. The van der Waals surface area contributed by atoms with Crippen LogP contribution in [0.4, 0.5) is 0 Å². The van der Waals surface area contributed by atoms with Crippen LogP contribution in [0.5, 0.6) is 11.5 Å². The van der Waals surface area contributed by atoms with Crippen molar-refractivity contribution in [3.8, 4) is 11.5 Å². The van der Waals surface area contributed by atoms with Gasteiger partial charge >= 0.3 is 8.80 Å². The van der Waals surface area contributed by atoms with Crippen molar-refractivity contribution in [2.75, 3.05) is 27.9 Å². The lowest BCUT2D eigenvalue weighted by Crippen LogP contribution is -2.44. The number of hydrogen-bond donors (Lipinski definition) is 0. The Morgan fingerprint density at radius 2 is 1.88 bits per heavy atom. The van der Waals surface area contributed by atoms with Crippen molar-refractivity contribution < 1.29 is 27.5 Å². The normalized spacial score (nSPS) is 21.0. The lowest BCUT2D eigenvalue weighted by Gasteiger charge is -2.39. The van der Waals surface area contributed by atoms with E-state index in [1.165, 1.54) is 0 Å². The third kappa shape index (κ3) is 4.78. The highest BCUT2D eigenvalue weighted by atomic mass is 28.4. The van der Waals surface area contributed by atoms with E-state index in [9.17, 15) is 0 Å². The van der Waals surface area contributed by atoms with Crippen LogP contribution in [0.3, 0.4) is 0 Å². The zero-order valence-electron chi connectivity index (χ0n) is 16.8. The first kappa shape index (κ1) is 21.2. The molecule has 1 aromatic rings. The molecule has 1 aliphatic rings. The van der Waals surface area contributed by atoms with Crippen molar-refractivity contribution in [1.29, 1.82) is 0 Å². The van der Waals surface area contributed by atoms with Crippen LogP contribution in [0.1, 0.15) is 39.2 Å². The molecular formula is C19H32O6Si. The van der Waals surface area contributed by atoms with Gasteiger partial charge in [0.2, 0.25) is 5.79 Å². The van der Waals surface area contributed by atoms with E-state index in [0.29, 0.717) is 25.2 Å². The fourth-order valence-corrected chi connectivity index (χ4v) is 4.67. The Bertz CT molecular complexity index is 569. The van der Waals surface area contributed by atoms with Gasteiger partial charge in [-0.2, -0.15) is 0 Å². The van der Waals surface area contributed by atoms with Crippen LogP contribution in [0.25, 0.3) is 0 Å². The predicted octanol–water partition coefficient (Wildman–Crippen LogP) is 4.00. The third-order valence-corrected chi connectivity index (χ3v) is 8.03. The van der Waals surface area contributed by atoms with E-state index in [2.05, 4.69) is 13.8 Å². The molecule has 2 atom stereocenters. The summed E-state index contributed by atoms with van der Waals surface area (Å²) >= 11 is 0. The summed E-state index contributed by atoms with van der Waals surface area (Å²) in [4.78, 5) is 0. The summed E-state index contributed by atoms with van der Waals surface area (Å²) < 4.78 is 34.2. The van der Waals surface area contributed by atoms with E-state index in [0.717, 1.165) is 29.9 Å². The average molecular weight is 385 g/mol. The molecule has 0 saturated heterocycles. The van der Waals surface area contributed by atoms with Crippen molar-refractivity contribution in [2.24, 2.45) is 5.92 Å². The van der Waals surface area contributed by atoms with Gasteiger partial charge in [0.05, 0.1) is 13.2 Å². The summed E-state index contributed by atoms with van der Waals surface area (Å²) in [6.07, 6.45) is 1.79.